The van der Waals surface area contributed by atoms with Crippen LogP contribution in [0.2, 0.25) is 5.02 Å². The molecule has 2 saturated heterocycles. The van der Waals surface area contributed by atoms with E-state index >= 15 is 0 Å². The maximum absolute atomic E-state index is 14.2. The van der Waals surface area contributed by atoms with E-state index in [1.807, 2.05) is 67.4 Å². The molecular weight excluding hydrogens is 466 g/mol. The van der Waals surface area contributed by atoms with Gasteiger partial charge in [-0.2, -0.15) is 0 Å². The molecule has 4 heterocycles. The molecule has 2 fully saturated rings. The van der Waals surface area contributed by atoms with Crippen LogP contribution in [0.4, 0.5) is 5.69 Å². The zero-order valence-corrected chi connectivity index (χ0v) is 20.2. The summed E-state index contributed by atoms with van der Waals surface area (Å²) in [4.78, 5) is 20.5. The number of halogens is 1. The average Bonchev–Trinajstić information content (AvgIpc) is 3.54. The number of pyridine rings is 1. The highest BCUT2D eigenvalue weighted by Gasteiger charge is 2.56. The predicted molar refractivity (Wildman–Crippen MR) is 132 cm³/mol. The van der Waals surface area contributed by atoms with E-state index < -0.39 is 0 Å². The molecule has 4 unspecified atom stereocenters. The summed E-state index contributed by atoms with van der Waals surface area (Å²) in [6.07, 6.45) is 1.68. The molecule has 1 amide bonds. The van der Waals surface area contributed by atoms with Crippen LogP contribution in [0, 0.1) is 12.8 Å². The van der Waals surface area contributed by atoms with Crippen LogP contribution in [0.1, 0.15) is 28.8 Å². The molecule has 0 aliphatic carbocycles. The molecule has 2 N–H and O–H groups in total. The minimum Gasteiger partial charge on any atom is -0.481 e. The maximum atomic E-state index is 14.2. The number of nitrogens with zero attached hydrogens (tertiary/aromatic N) is 5. The van der Waals surface area contributed by atoms with Gasteiger partial charge in [0.1, 0.15) is 5.52 Å². The van der Waals surface area contributed by atoms with E-state index in [1.54, 1.807) is 18.0 Å². The number of methoxy groups -OCH3 is 1. The molecule has 0 radical (unpaired) electrons. The molecule has 2 aliphatic heterocycles. The summed E-state index contributed by atoms with van der Waals surface area (Å²) < 4.78 is 7.24. The zero-order chi connectivity index (χ0) is 24.3. The van der Waals surface area contributed by atoms with Crippen molar-refractivity contribution in [1.29, 1.82) is 0 Å². The van der Waals surface area contributed by atoms with E-state index in [9.17, 15) is 4.79 Å². The Hall–Kier alpha value is -3.53. The molecule has 6 rings (SSSR count). The van der Waals surface area contributed by atoms with Gasteiger partial charge in [-0.1, -0.05) is 35.0 Å². The molecular formula is C25H24ClN7O2. The summed E-state index contributed by atoms with van der Waals surface area (Å²) in [5, 5.41) is 9.08. The summed E-state index contributed by atoms with van der Waals surface area (Å²) in [5.41, 5.74) is 12.0. The number of carbonyl (C=O) groups is 1. The summed E-state index contributed by atoms with van der Waals surface area (Å²) in [6.45, 7) is 1.99. The lowest BCUT2D eigenvalue weighted by Crippen LogP contribution is -2.40. The van der Waals surface area contributed by atoms with Crippen LogP contribution in [0.15, 0.2) is 54.7 Å². The average molecular weight is 490 g/mol. The number of fused-ring (bicyclic) bond motifs is 2. The Labute approximate surface area is 207 Å². The molecule has 0 spiro atoms. The molecule has 9 nitrogen and oxygen atoms in total. The second-order valence-electron chi connectivity index (χ2n) is 8.97. The maximum Gasteiger partial charge on any atom is 0.234 e. The fraction of sp³-hybridized carbons (Fsp3) is 0.280. The van der Waals surface area contributed by atoms with Gasteiger partial charge in [-0.3, -0.25) is 10.2 Å². The first-order valence-corrected chi connectivity index (χ1v) is 11.7. The molecule has 4 atom stereocenters. The number of hydrogen-bond donors (Lipinski definition) is 2. The van der Waals surface area contributed by atoms with Gasteiger partial charge in [-0.05, 0) is 48.4 Å². The van der Waals surface area contributed by atoms with Crippen molar-refractivity contribution >= 4 is 34.2 Å². The van der Waals surface area contributed by atoms with E-state index in [1.165, 1.54) is 0 Å². The van der Waals surface area contributed by atoms with Gasteiger partial charge in [0.15, 0.2) is 0 Å². The molecule has 0 bridgehead atoms. The van der Waals surface area contributed by atoms with Crippen LogP contribution >= 0.6 is 11.6 Å². The highest BCUT2D eigenvalue weighted by atomic mass is 35.5. The highest BCUT2D eigenvalue weighted by molar-refractivity contribution is 6.30. The standard InChI is InChI=1S/C25H24ClN7O2/c1-13-11-16(12-18-20(13)30-31-32(18)2)33-23(14-6-8-15(26)9-7-14)22-19(25(33)34)21(28-29-22)17-5-4-10-27-24(17)35-3/h4-12,19,21-23,28-29H,1-3H3. The normalized spacial score (nSPS) is 23.8. The van der Waals surface area contributed by atoms with Crippen molar-refractivity contribution in [2.75, 3.05) is 12.0 Å². The zero-order valence-electron chi connectivity index (χ0n) is 19.4. The second-order valence-corrected chi connectivity index (χ2v) is 9.40. The van der Waals surface area contributed by atoms with Crippen molar-refractivity contribution in [3.8, 4) is 5.88 Å². The smallest absolute Gasteiger partial charge is 0.234 e. The Morgan fingerprint density at radius 1 is 1.11 bits per heavy atom. The Kier molecular flexibility index (Phi) is 5.21. The first-order valence-electron chi connectivity index (χ1n) is 11.4. The van der Waals surface area contributed by atoms with Gasteiger partial charge in [0.25, 0.3) is 0 Å². The first kappa shape index (κ1) is 22.0. The minimum atomic E-state index is -0.380. The molecule has 35 heavy (non-hydrogen) atoms. The van der Waals surface area contributed by atoms with Crippen LogP contribution < -0.4 is 20.5 Å². The third-order valence-electron chi connectivity index (χ3n) is 7.00. The minimum absolute atomic E-state index is 0.0113. The molecule has 2 aromatic carbocycles. The monoisotopic (exact) mass is 489 g/mol. The molecule has 4 aromatic rings. The van der Waals surface area contributed by atoms with Gasteiger partial charge in [0.05, 0.1) is 36.7 Å². The highest BCUT2D eigenvalue weighted by Crippen LogP contribution is 2.48. The topological polar surface area (TPSA) is 97.2 Å². The molecule has 2 aromatic heterocycles. The fourth-order valence-electron chi connectivity index (χ4n) is 5.41. The van der Waals surface area contributed by atoms with Crippen LogP contribution in [0.3, 0.4) is 0 Å². The van der Waals surface area contributed by atoms with Crippen molar-refractivity contribution in [3.63, 3.8) is 0 Å². The number of ether oxygens (including phenoxy) is 1. The summed E-state index contributed by atoms with van der Waals surface area (Å²) >= 11 is 6.19. The lowest BCUT2D eigenvalue weighted by molar-refractivity contribution is -0.120. The predicted octanol–water partition coefficient (Wildman–Crippen LogP) is 3.26. The van der Waals surface area contributed by atoms with Crippen LogP contribution in [-0.2, 0) is 11.8 Å². The molecule has 0 saturated carbocycles. The number of hydrogen-bond acceptors (Lipinski definition) is 7. The Morgan fingerprint density at radius 3 is 2.69 bits per heavy atom. The number of anilines is 1. The van der Waals surface area contributed by atoms with E-state index in [4.69, 9.17) is 16.3 Å². The quantitative estimate of drug-likeness (QED) is 0.454. The van der Waals surface area contributed by atoms with Gasteiger partial charge in [0.2, 0.25) is 11.8 Å². The summed E-state index contributed by atoms with van der Waals surface area (Å²) in [5.74, 6) is 0.131. The third-order valence-corrected chi connectivity index (χ3v) is 7.26. The molecule has 178 valence electrons. The lowest BCUT2D eigenvalue weighted by Gasteiger charge is -2.29. The summed E-state index contributed by atoms with van der Waals surface area (Å²) in [7, 11) is 3.44. The van der Waals surface area contributed by atoms with E-state index in [-0.39, 0.29) is 30.0 Å². The van der Waals surface area contributed by atoms with E-state index in [2.05, 4.69) is 26.1 Å². The number of aromatic nitrogens is 4. The molecule has 2 aliphatic rings. The Bertz CT molecular complexity index is 1440. The number of rotatable bonds is 4. The van der Waals surface area contributed by atoms with Gasteiger partial charge < -0.3 is 9.64 Å². The number of aryl methyl sites for hydroxylation is 2. The van der Waals surface area contributed by atoms with Gasteiger partial charge in [-0.25, -0.2) is 15.1 Å². The third kappa shape index (κ3) is 3.38. The number of hydrazine groups is 1. The van der Waals surface area contributed by atoms with Crippen molar-refractivity contribution < 1.29 is 9.53 Å². The van der Waals surface area contributed by atoms with Gasteiger partial charge in [0, 0.05) is 29.5 Å². The number of benzene rings is 2. The van der Waals surface area contributed by atoms with Crippen molar-refractivity contribution in [3.05, 3.63) is 76.4 Å². The van der Waals surface area contributed by atoms with Gasteiger partial charge in [-0.15, -0.1) is 5.10 Å². The largest absolute Gasteiger partial charge is 0.481 e. The SMILES string of the molecule is COc1ncccc1C1NNC2C1C(=O)N(c1cc(C)c3nnn(C)c3c1)C2c1ccc(Cl)cc1. The van der Waals surface area contributed by atoms with Gasteiger partial charge >= 0.3 is 0 Å². The van der Waals surface area contributed by atoms with Crippen LogP contribution in [0.5, 0.6) is 5.88 Å². The lowest BCUT2D eigenvalue weighted by atomic mass is 9.88. The van der Waals surface area contributed by atoms with Crippen molar-refractivity contribution in [2.45, 2.75) is 25.0 Å². The van der Waals surface area contributed by atoms with E-state index in [0.29, 0.717) is 10.9 Å². The second kappa shape index (κ2) is 8.30. The number of amides is 1. The number of nitrogens with one attached hydrogen (secondary N) is 2. The first-order chi connectivity index (χ1) is 17.0. The number of carbonyl (C=O) groups excluding carboxylic acids is 1. The Balaban J connectivity index is 1.50. The Morgan fingerprint density at radius 2 is 1.91 bits per heavy atom. The van der Waals surface area contributed by atoms with Crippen molar-refractivity contribution in [1.82, 2.24) is 30.8 Å². The fourth-order valence-corrected chi connectivity index (χ4v) is 5.53. The van der Waals surface area contributed by atoms with Crippen LogP contribution in [0.25, 0.3) is 11.0 Å². The van der Waals surface area contributed by atoms with Crippen LogP contribution in [-0.4, -0.2) is 39.0 Å². The van der Waals surface area contributed by atoms with E-state index in [0.717, 1.165) is 33.4 Å². The molecule has 10 heteroatoms. The van der Waals surface area contributed by atoms with Crippen molar-refractivity contribution in [2.24, 2.45) is 13.0 Å². The summed E-state index contributed by atoms with van der Waals surface area (Å²) in [6, 6.07) is 14.7.